The van der Waals surface area contributed by atoms with Crippen LogP contribution in [-0.4, -0.2) is 13.0 Å². The molecule has 0 spiro atoms. The molecule has 0 amide bonds. The molecule has 0 aliphatic heterocycles. The molecule has 0 N–H and O–H groups in total. The zero-order chi connectivity index (χ0) is 16.3. The quantitative estimate of drug-likeness (QED) is 0.477. The van der Waals surface area contributed by atoms with Crippen LogP contribution in [0, 0.1) is 0 Å². The van der Waals surface area contributed by atoms with Crippen LogP contribution >= 0.6 is 0 Å². The van der Waals surface area contributed by atoms with E-state index in [1.54, 1.807) is 30.3 Å². The van der Waals surface area contributed by atoms with Crippen LogP contribution in [0.2, 0.25) is 0 Å². The molecule has 114 valence electrons. The standard InChI is InChI=1S/C10H10.C8H8O3S.Na/c1-2-3-7-10-8-5-4-6-9-10;9-12(10,11)7-6-8-4-2-1-3-5-8;/h2-9H,1H2;1-7H,(H,9,10,11);/q;;+1/p-1. The predicted octanol–water partition coefficient (Wildman–Crippen LogP) is 1.09. The topological polar surface area (TPSA) is 57.2 Å². The number of hydrogen-bond acceptors (Lipinski definition) is 3. The first-order valence-electron chi connectivity index (χ1n) is 6.54. The Morgan fingerprint density at radius 3 is 1.65 bits per heavy atom. The second-order valence-electron chi connectivity index (χ2n) is 4.21. The number of benzene rings is 2. The predicted molar refractivity (Wildman–Crippen MR) is 90.8 cm³/mol. The second kappa shape index (κ2) is 12.0. The number of rotatable bonds is 4. The largest absolute Gasteiger partial charge is 1.00 e. The van der Waals surface area contributed by atoms with Crippen LogP contribution in [-0.2, 0) is 10.1 Å². The molecule has 0 radical (unpaired) electrons. The summed E-state index contributed by atoms with van der Waals surface area (Å²) >= 11 is 0. The van der Waals surface area contributed by atoms with Crippen molar-refractivity contribution in [1.29, 1.82) is 0 Å². The third-order valence-electron chi connectivity index (χ3n) is 2.45. The fourth-order valence-corrected chi connectivity index (χ4v) is 1.79. The minimum atomic E-state index is -4.25. The molecule has 0 aliphatic carbocycles. The van der Waals surface area contributed by atoms with Crippen LogP contribution in [0.15, 0.2) is 84.8 Å². The smallest absolute Gasteiger partial charge is 0.744 e. The van der Waals surface area contributed by atoms with Crippen molar-refractivity contribution in [2.45, 2.75) is 0 Å². The summed E-state index contributed by atoms with van der Waals surface area (Å²) in [6.07, 6.45) is 6.98. The molecule has 2 rings (SSSR count). The summed E-state index contributed by atoms with van der Waals surface area (Å²) in [6.45, 7) is 3.59. The fraction of sp³-hybridized carbons (Fsp3) is 0. The molecule has 2 aromatic rings. The van der Waals surface area contributed by atoms with E-state index >= 15 is 0 Å². The van der Waals surface area contributed by atoms with E-state index in [-0.39, 0.29) is 29.6 Å². The Morgan fingerprint density at radius 1 is 0.826 bits per heavy atom. The van der Waals surface area contributed by atoms with E-state index in [2.05, 4.69) is 18.7 Å². The maximum Gasteiger partial charge on any atom is 1.00 e. The first-order chi connectivity index (χ1) is 10.5. The SMILES string of the molecule is C=CC=Cc1ccccc1.O=S(=O)([O-])C=Cc1ccccc1.[Na+]. The summed E-state index contributed by atoms with van der Waals surface area (Å²) in [6, 6.07) is 18.9. The van der Waals surface area contributed by atoms with Gasteiger partial charge in [-0.15, -0.1) is 0 Å². The van der Waals surface area contributed by atoms with Gasteiger partial charge in [-0.3, -0.25) is 0 Å². The summed E-state index contributed by atoms with van der Waals surface area (Å²) in [7, 11) is -4.25. The summed E-state index contributed by atoms with van der Waals surface area (Å²) < 4.78 is 30.5. The Kier molecular flexibility index (Phi) is 11.3. The van der Waals surface area contributed by atoms with Crippen molar-refractivity contribution in [3.8, 4) is 0 Å². The van der Waals surface area contributed by atoms with E-state index in [9.17, 15) is 13.0 Å². The molecular formula is C18H17NaO3S. The molecule has 0 saturated carbocycles. The van der Waals surface area contributed by atoms with Gasteiger partial charge < -0.3 is 4.55 Å². The van der Waals surface area contributed by atoms with Gasteiger partial charge >= 0.3 is 29.6 Å². The van der Waals surface area contributed by atoms with Crippen LogP contribution in [0.4, 0.5) is 0 Å². The average Bonchev–Trinajstić information content (AvgIpc) is 2.53. The van der Waals surface area contributed by atoms with E-state index < -0.39 is 10.1 Å². The monoisotopic (exact) mass is 336 g/mol. The minimum absolute atomic E-state index is 0. The molecule has 0 saturated heterocycles. The molecule has 23 heavy (non-hydrogen) atoms. The Bertz CT molecular complexity index is 721. The van der Waals surface area contributed by atoms with E-state index in [1.807, 2.05) is 36.4 Å². The third-order valence-corrected chi connectivity index (χ3v) is 2.92. The van der Waals surface area contributed by atoms with Crippen LogP contribution < -0.4 is 29.6 Å². The van der Waals surface area contributed by atoms with Gasteiger partial charge in [-0.25, -0.2) is 8.42 Å². The van der Waals surface area contributed by atoms with Crippen molar-refractivity contribution in [2.24, 2.45) is 0 Å². The zero-order valence-electron chi connectivity index (χ0n) is 13.0. The van der Waals surface area contributed by atoms with Crippen LogP contribution in [0.1, 0.15) is 11.1 Å². The summed E-state index contributed by atoms with van der Waals surface area (Å²) in [5.41, 5.74) is 1.90. The van der Waals surface area contributed by atoms with E-state index in [4.69, 9.17) is 0 Å². The molecule has 0 aliphatic rings. The Morgan fingerprint density at radius 2 is 1.26 bits per heavy atom. The zero-order valence-corrected chi connectivity index (χ0v) is 15.8. The van der Waals surface area contributed by atoms with E-state index in [1.165, 1.54) is 11.6 Å². The average molecular weight is 336 g/mol. The van der Waals surface area contributed by atoms with E-state index in [0.717, 1.165) is 0 Å². The van der Waals surface area contributed by atoms with Gasteiger partial charge in [0.2, 0.25) is 0 Å². The molecule has 0 bridgehead atoms. The van der Waals surface area contributed by atoms with Crippen molar-refractivity contribution in [2.75, 3.05) is 0 Å². The molecule has 0 atom stereocenters. The van der Waals surface area contributed by atoms with Gasteiger partial charge in [0.25, 0.3) is 0 Å². The summed E-state index contributed by atoms with van der Waals surface area (Å²) in [5, 5.41) is 0.641. The Balaban J connectivity index is 0.000000409. The van der Waals surface area contributed by atoms with Crippen molar-refractivity contribution >= 4 is 22.3 Å². The van der Waals surface area contributed by atoms with E-state index in [0.29, 0.717) is 11.0 Å². The molecule has 0 heterocycles. The molecule has 2 aromatic carbocycles. The maximum absolute atomic E-state index is 10.2. The molecule has 5 heteroatoms. The Labute approximate surface area is 160 Å². The fourth-order valence-electron chi connectivity index (χ4n) is 1.47. The van der Waals surface area contributed by atoms with Gasteiger partial charge in [-0.1, -0.05) is 85.5 Å². The van der Waals surface area contributed by atoms with Gasteiger partial charge in [0.15, 0.2) is 0 Å². The minimum Gasteiger partial charge on any atom is -0.744 e. The summed E-state index contributed by atoms with van der Waals surface area (Å²) in [5.74, 6) is 0. The molecular weight excluding hydrogens is 319 g/mol. The van der Waals surface area contributed by atoms with Crippen LogP contribution in [0.3, 0.4) is 0 Å². The normalized spacial score (nSPS) is 10.7. The van der Waals surface area contributed by atoms with Gasteiger partial charge in [0.1, 0.15) is 10.1 Å². The van der Waals surface area contributed by atoms with Gasteiger partial charge in [0.05, 0.1) is 0 Å². The number of allylic oxidation sites excluding steroid dienone is 2. The Hall–Kier alpha value is -1.43. The maximum atomic E-state index is 10.2. The molecule has 0 unspecified atom stereocenters. The third kappa shape index (κ3) is 11.8. The van der Waals surface area contributed by atoms with Gasteiger partial charge in [0, 0.05) is 5.41 Å². The van der Waals surface area contributed by atoms with Crippen LogP contribution in [0.25, 0.3) is 12.2 Å². The first kappa shape index (κ1) is 21.6. The second-order valence-corrected chi connectivity index (χ2v) is 5.47. The molecule has 0 fully saturated rings. The van der Waals surface area contributed by atoms with Crippen molar-refractivity contribution in [1.82, 2.24) is 0 Å². The van der Waals surface area contributed by atoms with Gasteiger partial charge in [-0.05, 0) is 17.2 Å². The summed E-state index contributed by atoms with van der Waals surface area (Å²) in [4.78, 5) is 0. The molecule has 3 nitrogen and oxygen atoms in total. The first-order valence-corrected chi connectivity index (χ1v) is 8.01. The van der Waals surface area contributed by atoms with Crippen molar-refractivity contribution in [3.05, 3.63) is 95.9 Å². The number of hydrogen-bond donors (Lipinski definition) is 0. The van der Waals surface area contributed by atoms with Crippen LogP contribution in [0.5, 0.6) is 0 Å². The van der Waals surface area contributed by atoms with Crippen molar-refractivity contribution in [3.63, 3.8) is 0 Å². The molecule has 0 aromatic heterocycles. The van der Waals surface area contributed by atoms with Gasteiger partial charge in [-0.2, -0.15) is 0 Å². The van der Waals surface area contributed by atoms with Crippen molar-refractivity contribution < 1.29 is 42.5 Å².